The average molecular weight is 252 g/mol. The number of rotatable bonds is 4. The van der Waals surface area contributed by atoms with Crippen molar-refractivity contribution in [1.29, 1.82) is 0 Å². The number of methoxy groups -OCH3 is 1. The molecule has 0 heterocycles. The molecule has 1 aromatic carbocycles. The van der Waals surface area contributed by atoms with Gasteiger partial charge in [-0.05, 0) is 36.1 Å². The largest absolute Gasteiger partial charge is 0.383 e. The van der Waals surface area contributed by atoms with Gasteiger partial charge in [0.2, 0.25) is 0 Å². The molecule has 0 fully saturated rings. The van der Waals surface area contributed by atoms with Gasteiger partial charge in [0.1, 0.15) is 5.82 Å². The van der Waals surface area contributed by atoms with E-state index < -0.39 is 0 Å². The third kappa shape index (κ3) is 2.98. The van der Waals surface area contributed by atoms with Crippen LogP contribution in [0.2, 0.25) is 0 Å². The fourth-order valence-electron chi connectivity index (χ4n) is 2.21. The van der Waals surface area contributed by atoms with Crippen LogP contribution in [0.4, 0.5) is 9.18 Å². The molecular weight excluding hydrogens is 235 g/mol. The van der Waals surface area contributed by atoms with Gasteiger partial charge in [-0.25, -0.2) is 9.18 Å². The van der Waals surface area contributed by atoms with E-state index in [1.54, 1.807) is 19.2 Å². The Morgan fingerprint density at radius 1 is 1.56 bits per heavy atom. The van der Waals surface area contributed by atoms with E-state index in [0.29, 0.717) is 13.2 Å². The van der Waals surface area contributed by atoms with Crippen molar-refractivity contribution in [3.8, 4) is 0 Å². The first-order valence-corrected chi connectivity index (χ1v) is 6.02. The van der Waals surface area contributed by atoms with Gasteiger partial charge in [-0.2, -0.15) is 0 Å². The lowest BCUT2D eigenvalue weighted by atomic mass is 10.1. The summed E-state index contributed by atoms with van der Waals surface area (Å²) in [7, 11) is 1.58. The van der Waals surface area contributed by atoms with Crippen molar-refractivity contribution in [3.63, 3.8) is 0 Å². The summed E-state index contributed by atoms with van der Waals surface area (Å²) < 4.78 is 17.9. The predicted octanol–water partition coefficient (Wildman–Crippen LogP) is 1.76. The molecule has 2 amide bonds. The van der Waals surface area contributed by atoms with Crippen LogP contribution in [0.5, 0.6) is 0 Å². The summed E-state index contributed by atoms with van der Waals surface area (Å²) in [5, 5.41) is 5.59. The number of amides is 2. The standard InChI is InChI=1S/C13H17FN2O2/c1-18-7-6-15-13(17)16-12-5-2-9-8-10(14)3-4-11(9)12/h3-4,8,12H,2,5-7H2,1H3,(H2,15,16,17)/t12-/m1/s1. The molecule has 4 nitrogen and oxygen atoms in total. The molecule has 18 heavy (non-hydrogen) atoms. The highest BCUT2D eigenvalue weighted by Gasteiger charge is 2.23. The zero-order valence-corrected chi connectivity index (χ0v) is 10.3. The number of urea groups is 1. The van der Waals surface area contributed by atoms with Crippen molar-refractivity contribution in [2.75, 3.05) is 20.3 Å². The van der Waals surface area contributed by atoms with Crippen molar-refractivity contribution in [2.24, 2.45) is 0 Å². The SMILES string of the molecule is COCCNC(=O)N[C@@H]1CCc2cc(F)ccc21. The Morgan fingerprint density at radius 3 is 3.17 bits per heavy atom. The van der Waals surface area contributed by atoms with Gasteiger partial charge in [0.15, 0.2) is 0 Å². The van der Waals surface area contributed by atoms with Crippen LogP contribution in [0, 0.1) is 5.82 Å². The van der Waals surface area contributed by atoms with Crippen molar-refractivity contribution < 1.29 is 13.9 Å². The third-order valence-electron chi connectivity index (χ3n) is 3.08. The maximum absolute atomic E-state index is 13.0. The van der Waals surface area contributed by atoms with Gasteiger partial charge in [-0.15, -0.1) is 0 Å². The number of carbonyl (C=O) groups is 1. The van der Waals surface area contributed by atoms with Gasteiger partial charge in [0.25, 0.3) is 0 Å². The Labute approximate surface area is 106 Å². The molecule has 1 aliphatic rings. The number of benzene rings is 1. The molecule has 1 aromatic rings. The van der Waals surface area contributed by atoms with Crippen LogP contribution in [-0.2, 0) is 11.2 Å². The molecule has 2 N–H and O–H groups in total. The molecule has 2 rings (SSSR count). The van der Waals surface area contributed by atoms with Crippen molar-refractivity contribution >= 4 is 6.03 Å². The molecule has 0 saturated carbocycles. The number of halogens is 1. The summed E-state index contributed by atoms with van der Waals surface area (Å²) in [4.78, 5) is 11.6. The van der Waals surface area contributed by atoms with Crippen LogP contribution in [-0.4, -0.2) is 26.3 Å². The molecule has 0 bridgehead atoms. The molecular formula is C13H17FN2O2. The van der Waals surface area contributed by atoms with E-state index in [-0.39, 0.29) is 17.9 Å². The topological polar surface area (TPSA) is 50.4 Å². The molecule has 0 aromatic heterocycles. The van der Waals surface area contributed by atoms with Crippen LogP contribution in [0.25, 0.3) is 0 Å². The molecule has 0 spiro atoms. The molecule has 0 aliphatic heterocycles. The van der Waals surface area contributed by atoms with Gasteiger partial charge < -0.3 is 15.4 Å². The van der Waals surface area contributed by atoms with E-state index in [4.69, 9.17) is 4.74 Å². The lowest BCUT2D eigenvalue weighted by molar-refractivity contribution is 0.195. The summed E-state index contributed by atoms with van der Waals surface area (Å²) in [6.45, 7) is 0.964. The Hall–Kier alpha value is -1.62. The summed E-state index contributed by atoms with van der Waals surface area (Å²) in [6, 6.07) is 4.48. The molecule has 0 unspecified atom stereocenters. The average Bonchev–Trinajstić information content (AvgIpc) is 2.72. The second-order valence-corrected chi connectivity index (χ2v) is 4.33. The number of hydrogen-bond acceptors (Lipinski definition) is 2. The smallest absolute Gasteiger partial charge is 0.315 e. The van der Waals surface area contributed by atoms with Crippen molar-refractivity contribution in [3.05, 3.63) is 35.1 Å². The van der Waals surface area contributed by atoms with Crippen molar-refractivity contribution in [1.82, 2.24) is 10.6 Å². The van der Waals surface area contributed by atoms with Gasteiger partial charge in [0, 0.05) is 13.7 Å². The number of ether oxygens (including phenoxy) is 1. The van der Waals surface area contributed by atoms with Gasteiger partial charge in [-0.3, -0.25) is 0 Å². The monoisotopic (exact) mass is 252 g/mol. The Balaban J connectivity index is 1.91. The maximum Gasteiger partial charge on any atom is 0.315 e. The molecule has 1 atom stereocenters. The Bertz CT molecular complexity index is 437. The van der Waals surface area contributed by atoms with Crippen LogP contribution < -0.4 is 10.6 Å². The Morgan fingerprint density at radius 2 is 2.39 bits per heavy atom. The molecule has 1 aliphatic carbocycles. The second kappa shape index (κ2) is 5.82. The molecule has 98 valence electrons. The van der Waals surface area contributed by atoms with E-state index in [9.17, 15) is 9.18 Å². The fourth-order valence-corrected chi connectivity index (χ4v) is 2.21. The predicted molar refractivity (Wildman–Crippen MR) is 65.9 cm³/mol. The zero-order valence-electron chi connectivity index (χ0n) is 10.3. The third-order valence-corrected chi connectivity index (χ3v) is 3.08. The highest BCUT2D eigenvalue weighted by molar-refractivity contribution is 5.74. The molecule has 0 saturated heterocycles. The Kier molecular flexibility index (Phi) is 4.15. The minimum absolute atomic E-state index is 0.0249. The van der Waals surface area contributed by atoms with Gasteiger partial charge in [-0.1, -0.05) is 6.07 Å². The lowest BCUT2D eigenvalue weighted by Crippen LogP contribution is -2.38. The van der Waals surface area contributed by atoms with E-state index in [2.05, 4.69) is 10.6 Å². The highest BCUT2D eigenvalue weighted by atomic mass is 19.1. The lowest BCUT2D eigenvalue weighted by Gasteiger charge is -2.14. The van der Waals surface area contributed by atoms with E-state index in [1.165, 1.54) is 6.07 Å². The number of fused-ring (bicyclic) bond motifs is 1. The molecule has 5 heteroatoms. The first-order chi connectivity index (χ1) is 8.70. The van der Waals surface area contributed by atoms with Gasteiger partial charge >= 0.3 is 6.03 Å². The first-order valence-electron chi connectivity index (χ1n) is 6.02. The van der Waals surface area contributed by atoms with Gasteiger partial charge in [0.05, 0.1) is 12.6 Å². The number of nitrogens with one attached hydrogen (secondary N) is 2. The number of hydrogen-bond donors (Lipinski definition) is 2. The minimum Gasteiger partial charge on any atom is -0.383 e. The second-order valence-electron chi connectivity index (χ2n) is 4.33. The highest BCUT2D eigenvalue weighted by Crippen LogP contribution is 2.31. The van der Waals surface area contributed by atoms with Crippen molar-refractivity contribution in [2.45, 2.75) is 18.9 Å². The van der Waals surface area contributed by atoms with E-state index >= 15 is 0 Å². The van der Waals surface area contributed by atoms with Crippen LogP contribution in [0.1, 0.15) is 23.6 Å². The fraction of sp³-hybridized carbons (Fsp3) is 0.462. The summed E-state index contributed by atoms with van der Waals surface area (Å²) in [6.07, 6.45) is 1.62. The van der Waals surface area contributed by atoms with Crippen LogP contribution in [0.3, 0.4) is 0 Å². The van der Waals surface area contributed by atoms with E-state index in [1.807, 2.05) is 0 Å². The number of aryl methyl sites for hydroxylation is 1. The van der Waals surface area contributed by atoms with E-state index in [0.717, 1.165) is 24.0 Å². The number of carbonyl (C=O) groups excluding carboxylic acids is 1. The van der Waals surface area contributed by atoms with Crippen LogP contribution >= 0.6 is 0 Å². The quantitative estimate of drug-likeness (QED) is 0.802. The zero-order chi connectivity index (χ0) is 13.0. The summed E-state index contributed by atoms with van der Waals surface area (Å²) in [5.74, 6) is -0.223. The normalized spacial score (nSPS) is 17.3. The molecule has 0 radical (unpaired) electrons. The summed E-state index contributed by atoms with van der Waals surface area (Å²) >= 11 is 0. The van der Waals surface area contributed by atoms with Crippen LogP contribution in [0.15, 0.2) is 18.2 Å². The first kappa shape index (κ1) is 12.8. The maximum atomic E-state index is 13.0. The summed E-state index contributed by atoms with van der Waals surface area (Å²) in [5.41, 5.74) is 2.00. The minimum atomic E-state index is -0.223.